The van der Waals surface area contributed by atoms with Gasteiger partial charge in [0, 0.05) is 49.9 Å². The lowest BCUT2D eigenvalue weighted by atomic mass is 10.1. The summed E-state index contributed by atoms with van der Waals surface area (Å²) < 4.78 is 10.9. The van der Waals surface area contributed by atoms with Crippen molar-refractivity contribution in [3.8, 4) is 11.5 Å². The number of benzene rings is 1. The second-order valence-corrected chi connectivity index (χ2v) is 6.93. The van der Waals surface area contributed by atoms with Crippen LogP contribution < -0.4 is 14.4 Å². The van der Waals surface area contributed by atoms with Gasteiger partial charge >= 0.3 is 0 Å². The summed E-state index contributed by atoms with van der Waals surface area (Å²) >= 11 is 0. The van der Waals surface area contributed by atoms with E-state index < -0.39 is 0 Å². The van der Waals surface area contributed by atoms with E-state index in [0.29, 0.717) is 0 Å². The van der Waals surface area contributed by atoms with Crippen LogP contribution in [0.15, 0.2) is 36.7 Å². The zero-order chi connectivity index (χ0) is 19.5. The van der Waals surface area contributed by atoms with Crippen LogP contribution >= 0.6 is 0 Å². The minimum atomic E-state index is 0.777. The van der Waals surface area contributed by atoms with Gasteiger partial charge in [0.1, 0.15) is 23.1 Å². The summed E-state index contributed by atoms with van der Waals surface area (Å²) in [5, 5.41) is 1.06. The molecule has 0 N–H and O–H groups in total. The highest BCUT2D eigenvalue weighted by Gasteiger charge is 2.21. The molecule has 1 aliphatic rings. The molecule has 1 saturated heterocycles. The molecule has 3 heterocycles. The van der Waals surface area contributed by atoms with Crippen molar-refractivity contribution >= 4 is 16.7 Å². The Labute approximate surface area is 164 Å². The van der Waals surface area contributed by atoms with Crippen LogP contribution in [0.5, 0.6) is 11.5 Å². The number of aryl methyl sites for hydroxylation is 1. The number of ether oxygens (including phenoxy) is 2. The molecule has 7 nitrogen and oxygen atoms in total. The Balaban J connectivity index is 1.49. The molecule has 0 saturated carbocycles. The van der Waals surface area contributed by atoms with Crippen molar-refractivity contribution in [2.24, 2.45) is 0 Å². The minimum absolute atomic E-state index is 0.777. The third-order valence-corrected chi connectivity index (χ3v) is 5.14. The van der Waals surface area contributed by atoms with Crippen molar-refractivity contribution in [3.05, 3.63) is 48.0 Å². The first kappa shape index (κ1) is 18.4. The molecule has 2 aromatic heterocycles. The summed E-state index contributed by atoms with van der Waals surface area (Å²) in [6, 6.07) is 7.95. The van der Waals surface area contributed by atoms with Gasteiger partial charge in [0.15, 0.2) is 0 Å². The second kappa shape index (κ2) is 7.98. The highest BCUT2D eigenvalue weighted by molar-refractivity contribution is 5.88. The van der Waals surface area contributed by atoms with E-state index in [-0.39, 0.29) is 0 Å². The predicted molar refractivity (Wildman–Crippen MR) is 109 cm³/mol. The molecular weight excluding hydrogens is 354 g/mol. The van der Waals surface area contributed by atoms with E-state index in [0.717, 1.165) is 72.3 Å². The van der Waals surface area contributed by atoms with Gasteiger partial charge in [0.25, 0.3) is 0 Å². The summed E-state index contributed by atoms with van der Waals surface area (Å²) in [4.78, 5) is 18.2. The Morgan fingerprint density at radius 1 is 1.00 bits per heavy atom. The summed E-state index contributed by atoms with van der Waals surface area (Å²) in [6.45, 7) is 6.51. The van der Waals surface area contributed by atoms with Gasteiger partial charge in [-0.2, -0.15) is 0 Å². The molecule has 4 rings (SSSR count). The summed E-state index contributed by atoms with van der Waals surface area (Å²) in [7, 11) is 3.40. The Kier molecular flexibility index (Phi) is 5.25. The van der Waals surface area contributed by atoms with Crippen LogP contribution in [0.4, 0.5) is 5.82 Å². The number of hydrogen-bond donors (Lipinski definition) is 0. The molecule has 0 atom stereocenters. The third-order valence-electron chi connectivity index (χ3n) is 5.14. The summed E-state index contributed by atoms with van der Waals surface area (Å²) in [6.07, 6.45) is 3.61. The van der Waals surface area contributed by atoms with Gasteiger partial charge in [-0.3, -0.25) is 9.88 Å². The standard InChI is InChI=1S/C21H25N5O2/c1-15-23-19-13-22-7-6-18(19)21(24-15)26-10-8-25(9-11-26)14-16-12-17(27-2)4-5-20(16)28-3/h4-7,12-13H,8-11,14H2,1-3H3. The molecular formula is C21H25N5O2. The zero-order valence-electron chi connectivity index (χ0n) is 16.6. The summed E-state index contributed by atoms with van der Waals surface area (Å²) in [5.41, 5.74) is 2.04. The molecule has 3 aromatic rings. The first-order valence-corrected chi connectivity index (χ1v) is 9.44. The molecule has 1 aliphatic heterocycles. The number of rotatable bonds is 5. The number of methoxy groups -OCH3 is 2. The molecule has 7 heteroatoms. The first-order valence-electron chi connectivity index (χ1n) is 9.44. The lowest BCUT2D eigenvalue weighted by Gasteiger charge is -2.36. The lowest BCUT2D eigenvalue weighted by Crippen LogP contribution is -2.46. The molecule has 146 valence electrons. The van der Waals surface area contributed by atoms with Gasteiger partial charge in [-0.1, -0.05) is 0 Å². The maximum absolute atomic E-state index is 5.52. The van der Waals surface area contributed by atoms with Gasteiger partial charge in [-0.15, -0.1) is 0 Å². The van der Waals surface area contributed by atoms with E-state index in [4.69, 9.17) is 14.5 Å². The van der Waals surface area contributed by atoms with Crippen LogP contribution in [0.1, 0.15) is 11.4 Å². The monoisotopic (exact) mass is 379 g/mol. The van der Waals surface area contributed by atoms with E-state index in [9.17, 15) is 0 Å². The SMILES string of the molecule is COc1ccc(OC)c(CN2CCN(c3nc(C)nc4cnccc34)CC2)c1. The van der Waals surface area contributed by atoms with Crippen molar-refractivity contribution in [2.45, 2.75) is 13.5 Å². The quantitative estimate of drug-likeness (QED) is 0.675. The lowest BCUT2D eigenvalue weighted by molar-refractivity contribution is 0.245. The Bertz CT molecular complexity index is 970. The van der Waals surface area contributed by atoms with Crippen LogP contribution in [0, 0.1) is 6.92 Å². The van der Waals surface area contributed by atoms with Gasteiger partial charge in [0.2, 0.25) is 0 Å². The average Bonchev–Trinajstić information content (AvgIpc) is 2.73. The van der Waals surface area contributed by atoms with Crippen molar-refractivity contribution in [1.82, 2.24) is 19.9 Å². The van der Waals surface area contributed by atoms with E-state index >= 15 is 0 Å². The molecule has 0 bridgehead atoms. The molecule has 0 aliphatic carbocycles. The van der Waals surface area contributed by atoms with Gasteiger partial charge in [-0.05, 0) is 31.2 Å². The van der Waals surface area contributed by atoms with Crippen molar-refractivity contribution < 1.29 is 9.47 Å². The molecule has 0 amide bonds. The number of fused-ring (bicyclic) bond motifs is 1. The number of hydrogen-bond acceptors (Lipinski definition) is 7. The summed E-state index contributed by atoms with van der Waals surface area (Å²) in [5.74, 6) is 3.53. The van der Waals surface area contributed by atoms with E-state index in [1.54, 1.807) is 26.6 Å². The molecule has 1 aromatic carbocycles. The number of aromatic nitrogens is 3. The fraction of sp³-hybridized carbons (Fsp3) is 0.381. The van der Waals surface area contributed by atoms with Crippen LogP contribution in [-0.2, 0) is 6.54 Å². The normalized spacial score (nSPS) is 15.0. The average molecular weight is 379 g/mol. The fourth-order valence-electron chi connectivity index (χ4n) is 3.68. The van der Waals surface area contributed by atoms with Crippen LogP contribution in [-0.4, -0.2) is 60.3 Å². The van der Waals surface area contributed by atoms with Gasteiger partial charge in [-0.25, -0.2) is 9.97 Å². The molecule has 1 fully saturated rings. The smallest absolute Gasteiger partial charge is 0.140 e. The van der Waals surface area contributed by atoms with E-state index in [1.165, 1.54) is 0 Å². The maximum Gasteiger partial charge on any atom is 0.140 e. The fourth-order valence-corrected chi connectivity index (χ4v) is 3.68. The topological polar surface area (TPSA) is 63.6 Å². The highest BCUT2D eigenvalue weighted by atomic mass is 16.5. The molecule has 0 radical (unpaired) electrons. The highest BCUT2D eigenvalue weighted by Crippen LogP contribution is 2.27. The van der Waals surface area contributed by atoms with Gasteiger partial charge in [0.05, 0.1) is 25.9 Å². The van der Waals surface area contributed by atoms with Crippen LogP contribution in [0.2, 0.25) is 0 Å². The Hall–Kier alpha value is -2.93. The number of pyridine rings is 1. The number of piperazine rings is 1. The molecule has 0 spiro atoms. The van der Waals surface area contributed by atoms with E-state index in [1.807, 2.05) is 25.1 Å². The second-order valence-electron chi connectivity index (χ2n) is 6.93. The third kappa shape index (κ3) is 3.71. The van der Waals surface area contributed by atoms with E-state index in [2.05, 4.69) is 25.8 Å². The minimum Gasteiger partial charge on any atom is -0.497 e. The largest absolute Gasteiger partial charge is 0.497 e. The predicted octanol–water partition coefficient (Wildman–Crippen LogP) is 2.67. The maximum atomic E-state index is 5.52. The van der Waals surface area contributed by atoms with Crippen molar-refractivity contribution in [3.63, 3.8) is 0 Å². The van der Waals surface area contributed by atoms with Crippen molar-refractivity contribution in [2.75, 3.05) is 45.3 Å². The number of anilines is 1. The molecule has 0 unspecified atom stereocenters. The van der Waals surface area contributed by atoms with Crippen LogP contribution in [0.25, 0.3) is 10.9 Å². The molecule has 28 heavy (non-hydrogen) atoms. The Morgan fingerprint density at radius 3 is 2.57 bits per heavy atom. The first-order chi connectivity index (χ1) is 13.7. The number of nitrogens with zero attached hydrogens (tertiary/aromatic N) is 5. The Morgan fingerprint density at radius 2 is 1.82 bits per heavy atom. The van der Waals surface area contributed by atoms with Crippen LogP contribution in [0.3, 0.4) is 0 Å². The van der Waals surface area contributed by atoms with Crippen molar-refractivity contribution in [1.29, 1.82) is 0 Å². The zero-order valence-corrected chi connectivity index (χ0v) is 16.6. The van der Waals surface area contributed by atoms with Gasteiger partial charge < -0.3 is 14.4 Å².